The molecule has 1 aliphatic heterocycles. The molecule has 0 saturated carbocycles. The minimum Gasteiger partial charge on any atom is -0.496 e. The van der Waals surface area contributed by atoms with Gasteiger partial charge in [0.25, 0.3) is 6.43 Å². The molecule has 0 spiro atoms. The molecule has 7 heteroatoms. The van der Waals surface area contributed by atoms with Crippen molar-refractivity contribution in [3.05, 3.63) is 18.0 Å². The van der Waals surface area contributed by atoms with Gasteiger partial charge in [0.05, 0.1) is 24.5 Å². The molecular weight excluding hydrogens is 267 g/mol. The highest BCUT2D eigenvalue weighted by molar-refractivity contribution is 6.63. The van der Waals surface area contributed by atoms with Crippen molar-refractivity contribution in [3.8, 4) is 5.75 Å². The zero-order chi connectivity index (χ0) is 15.1. The molecular formula is C13H18BF2NO3. The molecule has 0 N–H and O–H groups in total. The van der Waals surface area contributed by atoms with Crippen LogP contribution in [0.1, 0.15) is 39.8 Å². The highest BCUT2D eigenvalue weighted by Crippen LogP contribution is 2.37. The van der Waals surface area contributed by atoms with Gasteiger partial charge in [-0.05, 0) is 33.8 Å². The van der Waals surface area contributed by atoms with E-state index in [2.05, 4.69) is 4.98 Å². The average molecular weight is 285 g/mol. The van der Waals surface area contributed by atoms with Crippen molar-refractivity contribution in [2.24, 2.45) is 0 Å². The Morgan fingerprint density at radius 2 is 1.75 bits per heavy atom. The summed E-state index contributed by atoms with van der Waals surface area (Å²) in [6, 6.07) is 1.27. The van der Waals surface area contributed by atoms with Crippen molar-refractivity contribution in [1.29, 1.82) is 0 Å². The van der Waals surface area contributed by atoms with Crippen LogP contribution in [0.5, 0.6) is 5.75 Å². The standard InChI is InChI=1S/C13H18BF2NO3/c1-12(2)13(3,4)20-14(19-12)8-6-9(11(15)16)17-7-10(8)18-5/h6-7,11H,1-5H3. The highest BCUT2D eigenvalue weighted by atomic mass is 19.3. The summed E-state index contributed by atoms with van der Waals surface area (Å²) in [4.78, 5) is 3.67. The smallest absolute Gasteiger partial charge is 0.496 e. The van der Waals surface area contributed by atoms with Gasteiger partial charge < -0.3 is 14.0 Å². The normalized spacial score (nSPS) is 20.5. The number of nitrogens with zero attached hydrogens (tertiary/aromatic N) is 1. The Bertz CT molecular complexity index is 492. The molecule has 0 amide bonds. The fraction of sp³-hybridized carbons (Fsp3) is 0.615. The average Bonchev–Trinajstić information content (AvgIpc) is 2.57. The Labute approximate surface area is 117 Å². The summed E-state index contributed by atoms with van der Waals surface area (Å²) >= 11 is 0. The SMILES string of the molecule is COc1cnc(C(F)F)cc1B1OC(C)(C)C(C)(C)O1. The second-order valence-corrected chi connectivity index (χ2v) is 5.74. The van der Waals surface area contributed by atoms with Crippen molar-refractivity contribution in [3.63, 3.8) is 0 Å². The quantitative estimate of drug-likeness (QED) is 0.799. The van der Waals surface area contributed by atoms with Gasteiger partial charge in [-0.15, -0.1) is 0 Å². The zero-order valence-electron chi connectivity index (χ0n) is 12.2. The lowest BCUT2D eigenvalue weighted by atomic mass is 9.78. The number of halogens is 2. The fourth-order valence-electron chi connectivity index (χ4n) is 1.92. The summed E-state index contributed by atoms with van der Waals surface area (Å²) in [6.45, 7) is 7.59. The molecule has 4 nitrogen and oxygen atoms in total. The first-order chi connectivity index (χ1) is 9.18. The van der Waals surface area contributed by atoms with E-state index < -0.39 is 24.7 Å². The molecule has 1 aromatic rings. The molecule has 0 radical (unpaired) electrons. The van der Waals surface area contributed by atoms with Gasteiger partial charge in [0.2, 0.25) is 0 Å². The second kappa shape index (κ2) is 4.97. The van der Waals surface area contributed by atoms with E-state index in [4.69, 9.17) is 14.0 Å². The Morgan fingerprint density at radius 1 is 1.20 bits per heavy atom. The lowest BCUT2D eigenvalue weighted by molar-refractivity contribution is 0.00578. The molecule has 2 rings (SSSR count). The predicted octanol–water partition coefficient (Wildman–Crippen LogP) is 2.33. The number of hydrogen-bond donors (Lipinski definition) is 0. The Balaban J connectivity index is 2.40. The monoisotopic (exact) mass is 285 g/mol. The molecule has 0 unspecified atom stereocenters. The molecule has 1 fully saturated rings. The van der Waals surface area contributed by atoms with Gasteiger partial charge in [-0.25, -0.2) is 8.78 Å². The second-order valence-electron chi connectivity index (χ2n) is 5.74. The van der Waals surface area contributed by atoms with Gasteiger partial charge in [-0.2, -0.15) is 0 Å². The van der Waals surface area contributed by atoms with Crippen molar-refractivity contribution in [2.45, 2.75) is 45.3 Å². The van der Waals surface area contributed by atoms with E-state index in [0.717, 1.165) is 0 Å². The first-order valence-corrected chi connectivity index (χ1v) is 6.35. The molecule has 0 bridgehead atoms. The van der Waals surface area contributed by atoms with E-state index >= 15 is 0 Å². The molecule has 1 aromatic heterocycles. The molecule has 0 aliphatic carbocycles. The molecule has 1 saturated heterocycles. The van der Waals surface area contributed by atoms with Crippen LogP contribution in [0.2, 0.25) is 0 Å². The van der Waals surface area contributed by atoms with E-state index in [1.165, 1.54) is 19.4 Å². The lowest BCUT2D eigenvalue weighted by Gasteiger charge is -2.32. The third kappa shape index (κ3) is 2.52. The van der Waals surface area contributed by atoms with Gasteiger partial charge in [0.15, 0.2) is 0 Å². The van der Waals surface area contributed by atoms with Gasteiger partial charge in [0.1, 0.15) is 11.4 Å². The summed E-state index contributed by atoms with van der Waals surface area (Å²) in [7, 11) is 0.698. The highest BCUT2D eigenvalue weighted by Gasteiger charge is 2.52. The predicted molar refractivity (Wildman–Crippen MR) is 71.5 cm³/mol. The number of ether oxygens (including phenoxy) is 1. The van der Waals surface area contributed by atoms with Crippen LogP contribution in [-0.4, -0.2) is 30.4 Å². The van der Waals surface area contributed by atoms with E-state index in [-0.39, 0.29) is 5.69 Å². The van der Waals surface area contributed by atoms with Gasteiger partial charge >= 0.3 is 7.12 Å². The first-order valence-electron chi connectivity index (χ1n) is 6.35. The van der Waals surface area contributed by atoms with Crippen LogP contribution in [0.4, 0.5) is 8.78 Å². The van der Waals surface area contributed by atoms with Crippen LogP contribution in [-0.2, 0) is 9.31 Å². The minimum atomic E-state index is -2.65. The van der Waals surface area contributed by atoms with Crippen LogP contribution in [0.15, 0.2) is 12.3 Å². The van der Waals surface area contributed by atoms with Gasteiger partial charge in [0, 0.05) is 5.46 Å². The number of methoxy groups -OCH3 is 1. The van der Waals surface area contributed by atoms with Crippen molar-refractivity contribution >= 4 is 12.6 Å². The van der Waals surface area contributed by atoms with Crippen LogP contribution in [0, 0.1) is 0 Å². The number of pyridine rings is 1. The molecule has 1 aliphatic rings. The number of hydrogen-bond acceptors (Lipinski definition) is 4. The molecule has 110 valence electrons. The van der Waals surface area contributed by atoms with Crippen LogP contribution in [0.25, 0.3) is 0 Å². The molecule has 2 heterocycles. The fourth-order valence-corrected chi connectivity index (χ4v) is 1.92. The van der Waals surface area contributed by atoms with E-state index in [9.17, 15) is 8.78 Å². The lowest BCUT2D eigenvalue weighted by Crippen LogP contribution is -2.41. The minimum absolute atomic E-state index is 0.324. The summed E-state index contributed by atoms with van der Waals surface area (Å²) in [5, 5.41) is 0. The Hall–Kier alpha value is -1.21. The number of rotatable bonds is 3. The topological polar surface area (TPSA) is 40.6 Å². The largest absolute Gasteiger partial charge is 0.498 e. The third-order valence-corrected chi connectivity index (χ3v) is 3.87. The van der Waals surface area contributed by atoms with Crippen LogP contribution < -0.4 is 10.2 Å². The van der Waals surface area contributed by atoms with E-state index in [1.54, 1.807) is 0 Å². The third-order valence-electron chi connectivity index (χ3n) is 3.87. The maximum atomic E-state index is 12.8. The Kier molecular flexibility index (Phi) is 3.77. The maximum absolute atomic E-state index is 12.8. The maximum Gasteiger partial charge on any atom is 0.498 e. The summed E-state index contributed by atoms with van der Waals surface area (Å²) < 4.78 is 42.4. The van der Waals surface area contributed by atoms with Crippen molar-refractivity contribution in [2.75, 3.05) is 7.11 Å². The number of aromatic nitrogens is 1. The van der Waals surface area contributed by atoms with Crippen molar-refractivity contribution < 1.29 is 22.8 Å². The van der Waals surface area contributed by atoms with E-state index in [1.807, 2.05) is 27.7 Å². The molecule has 0 atom stereocenters. The van der Waals surface area contributed by atoms with Crippen LogP contribution >= 0.6 is 0 Å². The summed E-state index contributed by atoms with van der Waals surface area (Å²) in [5.74, 6) is 0.368. The van der Waals surface area contributed by atoms with Crippen molar-refractivity contribution in [1.82, 2.24) is 4.98 Å². The molecule has 20 heavy (non-hydrogen) atoms. The van der Waals surface area contributed by atoms with E-state index in [0.29, 0.717) is 11.2 Å². The molecule has 0 aromatic carbocycles. The zero-order valence-corrected chi connectivity index (χ0v) is 12.2. The van der Waals surface area contributed by atoms with Crippen LogP contribution in [0.3, 0.4) is 0 Å². The number of alkyl halides is 2. The first kappa shape index (κ1) is 15.2. The summed E-state index contributed by atoms with van der Waals surface area (Å²) in [5.41, 5.74) is -0.986. The van der Waals surface area contributed by atoms with Gasteiger partial charge in [-0.1, -0.05) is 0 Å². The summed E-state index contributed by atoms with van der Waals surface area (Å²) in [6.07, 6.45) is -1.39. The van der Waals surface area contributed by atoms with Gasteiger partial charge in [-0.3, -0.25) is 4.98 Å². The Morgan fingerprint density at radius 3 is 2.20 bits per heavy atom.